The summed E-state index contributed by atoms with van der Waals surface area (Å²) >= 11 is 5.87. The molecule has 0 bridgehead atoms. The first-order valence-electron chi connectivity index (χ1n) is 6.27. The van der Waals surface area contributed by atoms with Gasteiger partial charge in [-0.05, 0) is 38.5 Å². The molecule has 1 heterocycles. The highest BCUT2D eigenvalue weighted by Gasteiger charge is 2.34. The largest absolute Gasteiger partial charge is 0.442 e. The van der Waals surface area contributed by atoms with Crippen LogP contribution in [0, 0.1) is 0 Å². The molecule has 104 valence electrons. The van der Waals surface area contributed by atoms with Crippen LogP contribution in [-0.2, 0) is 9.57 Å². The quantitative estimate of drug-likeness (QED) is 0.783. The van der Waals surface area contributed by atoms with Gasteiger partial charge in [0.05, 0.1) is 12.6 Å². The Morgan fingerprint density at radius 1 is 1.37 bits per heavy atom. The van der Waals surface area contributed by atoms with Crippen molar-refractivity contribution >= 4 is 17.7 Å². The maximum absolute atomic E-state index is 12.1. The van der Waals surface area contributed by atoms with Crippen LogP contribution in [0.2, 0.25) is 5.02 Å². The molecule has 0 saturated carbocycles. The maximum Gasteiger partial charge on any atom is 0.435 e. The SMILES string of the molecule is CC(C)(C)OC(=O)N1OCCC1c1ccc(Cl)cc1. The molecule has 0 aromatic heterocycles. The minimum Gasteiger partial charge on any atom is -0.442 e. The zero-order valence-corrected chi connectivity index (χ0v) is 12.1. The fourth-order valence-corrected chi connectivity index (χ4v) is 2.07. The molecule has 0 spiro atoms. The molecular formula is C14H18ClNO3. The number of nitrogens with zero attached hydrogens (tertiary/aromatic N) is 1. The highest BCUT2D eigenvalue weighted by atomic mass is 35.5. The second-order valence-corrected chi connectivity index (χ2v) is 5.93. The first-order valence-corrected chi connectivity index (χ1v) is 6.65. The van der Waals surface area contributed by atoms with Gasteiger partial charge in [-0.15, -0.1) is 0 Å². The molecule has 2 rings (SSSR count). The fourth-order valence-electron chi connectivity index (χ4n) is 1.94. The van der Waals surface area contributed by atoms with Crippen LogP contribution in [0.3, 0.4) is 0 Å². The van der Waals surface area contributed by atoms with Crippen LogP contribution < -0.4 is 0 Å². The maximum atomic E-state index is 12.1. The first-order chi connectivity index (χ1) is 8.87. The number of ether oxygens (including phenoxy) is 1. The summed E-state index contributed by atoms with van der Waals surface area (Å²) in [6, 6.07) is 7.30. The molecule has 4 nitrogen and oxygen atoms in total. The van der Waals surface area contributed by atoms with Crippen molar-refractivity contribution in [2.24, 2.45) is 0 Å². The van der Waals surface area contributed by atoms with E-state index >= 15 is 0 Å². The second kappa shape index (κ2) is 5.39. The Kier molecular flexibility index (Phi) is 4.02. The predicted octanol–water partition coefficient (Wildman–Crippen LogP) is 3.95. The summed E-state index contributed by atoms with van der Waals surface area (Å²) < 4.78 is 5.33. The Morgan fingerprint density at radius 3 is 2.58 bits per heavy atom. The third-order valence-corrected chi connectivity index (χ3v) is 2.98. The number of rotatable bonds is 1. The van der Waals surface area contributed by atoms with Crippen molar-refractivity contribution in [3.8, 4) is 0 Å². The van der Waals surface area contributed by atoms with E-state index in [4.69, 9.17) is 21.2 Å². The van der Waals surface area contributed by atoms with E-state index in [9.17, 15) is 4.79 Å². The molecule has 1 unspecified atom stereocenters. The van der Waals surface area contributed by atoms with Gasteiger partial charge in [0.1, 0.15) is 5.60 Å². The first kappa shape index (κ1) is 14.2. The zero-order valence-electron chi connectivity index (χ0n) is 11.4. The minimum absolute atomic E-state index is 0.118. The highest BCUT2D eigenvalue weighted by Crippen LogP contribution is 2.32. The van der Waals surface area contributed by atoms with Gasteiger partial charge in [-0.2, -0.15) is 5.06 Å². The summed E-state index contributed by atoms with van der Waals surface area (Å²) in [7, 11) is 0. The summed E-state index contributed by atoms with van der Waals surface area (Å²) in [5.41, 5.74) is 0.459. The van der Waals surface area contributed by atoms with Crippen molar-refractivity contribution in [3.05, 3.63) is 34.9 Å². The van der Waals surface area contributed by atoms with Crippen LogP contribution in [0.1, 0.15) is 38.8 Å². The molecule has 1 fully saturated rings. The van der Waals surface area contributed by atoms with E-state index in [0.717, 1.165) is 12.0 Å². The van der Waals surface area contributed by atoms with E-state index in [0.29, 0.717) is 11.6 Å². The molecule has 0 aliphatic carbocycles. The van der Waals surface area contributed by atoms with Crippen LogP contribution in [0.25, 0.3) is 0 Å². The van der Waals surface area contributed by atoms with Gasteiger partial charge >= 0.3 is 6.09 Å². The zero-order chi connectivity index (χ0) is 14.0. The Balaban J connectivity index is 2.12. The molecule has 1 aliphatic heterocycles. The van der Waals surface area contributed by atoms with Crippen LogP contribution in [-0.4, -0.2) is 23.4 Å². The fraction of sp³-hybridized carbons (Fsp3) is 0.500. The van der Waals surface area contributed by atoms with Crippen LogP contribution >= 0.6 is 11.6 Å². The highest BCUT2D eigenvalue weighted by molar-refractivity contribution is 6.30. The molecular weight excluding hydrogens is 266 g/mol. The standard InChI is InChI=1S/C14H18ClNO3/c1-14(2,3)19-13(17)16-12(8-9-18-16)10-4-6-11(15)7-5-10/h4-7,12H,8-9H2,1-3H3. The summed E-state index contributed by atoms with van der Waals surface area (Å²) in [6.45, 7) is 6.00. The number of hydroxylamine groups is 2. The third kappa shape index (κ3) is 3.61. The molecule has 1 atom stereocenters. The lowest BCUT2D eigenvalue weighted by Gasteiger charge is -2.27. The average molecular weight is 284 g/mol. The Bertz CT molecular complexity index is 453. The van der Waals surface area contributed by atoms with Gasteiger partial charge in [-0.1, -0.05) is 23.7 Å². The topological polar surface area (TPSA) is 38.8 Å². The lowest BCUT2D eigenvalue weighted by molar-refractivity contribution is -0.125. The molecule has 1 aromatic carbocycles. The number of carbonyl (C=O) groups excluding carboxylic acids is 1. The Labute approximate surface area is 118 Å². The summed E-state index contributed by atoms with van der Waals surface area (Å²) in [5, 5.41) is 1.99. The Morgan fingerprint density at radius 2 is 2.00 bits per heavy atom. The lowest BCUT2D eigenvalue weighted by atomic mass is 10.1. The van der Waals surface area contributed by atoms with Crippen molar-refractivity contribution in [1.82, 2.24) is 5.06 Å². The summed E-state index contributed by atoms with van der Waals surface area (Å²) in [4.78, 5) is 17.4. The number of halogens is 1. The van der Waals surface area contributed by atoms with Crippen LogP contribution in [0.15, 0.2) is 24.3 Å². The van der Waals surface area contributed by atoms with E-state index in [1.165, 1.54) is 5.06 Å². The van der Waals surface area contributed by atoms with Gasteiger partial charge in [-0.25, -0.2) is 4.79 Å². The van der Waals surface area contributed by atoms with Crippen molar-refractivity contribution in [2.75, 3.05) is 6.61 Å². The van der Waals surface area contributed by atoms with Gasteiger partial charge in [0.15, 0.2) is 0 Å². The summed E-state index contributed by atoms with van der Waals surface area (Å²) in [5.74, 6) is 0. The van der Waals surface area contributed by atoms with Crippen LogP contribution in [0.4, 0.5) is 4.79 Å². The molecule has 1 aliphatic rings. The molecule has 1 amide bonds. The monoisotopic (exact) mass is 283 g/mol. The van der Waals surface area contributed by atoms with Gasteiger partial charge in [-0.3, -0.25) is 4.84 Å². The van der Waals surface area contributed by atoms with Crippen LogP contribution in [0.5, 0.6) is 0 Å². The third-order valence-electron chi connectivity index (χ3n) is 2.73. The van der Waals surface area contributed by atoms with E-state index < -0.39 is 11.7 Å². The van der Waals surface area contributed by atoms with Crippen molar-refractivity contribution < 1.29 is 14.4 Å². The number of carbonyl (C=O) groups is 1. The number of hydrogen-bond donors (Lipinski definition) is 0. The molecule has 0 N–H and O–H groups in total. The number of hydrogen-bond acceptors (Lipinski definition) is 3. The molecule has 19 heavy (non-hydrogen) atoms. The summed E-state index contributed by atoms with van der Waals surface area (Å²) in [6.07, 6.45) is 0.297. The van der Waals surface area contributed by atoms with Gasteiger partial charge in [0.2, 0.25) is 0 Å². The number of benzene rings is 1. The Hall–Kier alpha value is -1.26. The molecule has 5 heteroatoms. The van der Waals surface area contributed by atoms with Gasteiger partial charge in [0.25, 0.3) is 0 Å². The van der Waals surface area contributed by atoms with Crippen molar-refractivity contribution in [3.63, 3.8) is 0 Å². The minimum atomic E-state index is -0.534. The van der Waals surface area contributed by atoms with Gasteiger partial charge in [0, 0.05) is 11.4 Å². The smallest absolute Gasteiger partial charge is 0.435 e. The van der Waals surface area contributed by atoms with E-state index in [-0.39, 0.29) is 6.04 Å². The number of amides is 1. The van der Waals surface area contributed by atoms with Gasteiger partial charge < -0.3 is 4.74 Å². The predicted molar refractivity (Wildman–Crippen MR) is 72.8 cm³/mol. The van der Waals surface area contributed by atoms with E-state index in [1.54, 1.807) is 0 Å². The molecule has 0 radical (unpaired) electrons. The average Bonchev–Trinajstić information content (AvgIpc) is 2.76. The van der Waals surface area contributed by atoms with Crippen molar-refractivity contribution in [2.45, 2.75) is 38.8 Å². The van der Waals surface area contributed by atoms with E-state index in [2.05, 4.69) is 0 Å². The molecule has 1 saturated heterocycles. The van der Waals surface area contributed by atoms with Crippen molar-refractivity contribution in [1.29, 1.82) is 0 Å². The lowest BCUT2D eigenvalue weighted by Crippen LogP contribution is -2.35. The van der Waals surface area contributed by atoms with E-state index in [1.807, 2.05) is 45.0 Å². The normalized spacial score (nSPS) is 19.6. The second-order valence-electron chi connectivity index (χ2n) is 5.50. The molecule has 1 aromatic rings.